The molecule has 0 atom stereocenters. The van der Waals surface area contributed by atoms with Gasteiger partial charge in [-0.15, -0.1) is 10.2 Å². The van der Waals surface area contributed by atoms with E-state index < -0.39 is 0 Å². The van der Waals surface area contributed by atoms with Gasteiger partial charge in [0.1, 0.15) is 30.3 Å². The minimum atomic E-state index is 0.487. The van der Waals surface area contributed by atoms with E-state index in [-0.39, 0.29) is 0 Å². The van der Waals surface area contributed by atoms with E-state index in [2.05, 4.69) is 72.0 Å². The topological polar surface area (TPSA) is 98.1 Å². The summed E-state index contributed by atoms with van der Waals surface area (Å²) in [6, 6.07) is 12.1. The van der Waals surface area contributed by atoms with Crippen LogP contribution in [0.5, 0.6) is 0 Å². The van der Waals surface area contributed by atoms with Crippen LogP contribution in [-0.4, -0.2) is 43.4 Å². The molecule has 0 unspecified atom stereocenters. The van der Waals surface area contributed by atoms with E-state index in [0.29, 0.717) is 6.54 Å². The Hall–Kier alpha value is -3.62. The van der Waals surface area contributed by atoms with Gasteiger partial charge in [0.25, 0.3) is 0 Å². The summed E-state index contributed by atoms with van der Waals surface area (Å²) in [5.74, 6) is 3.62. The van der Waals surface area contributed by atoms with Gasteiger partial charge < -0.3 is 24.2 Å². The molecule has 4 aromatic rings. The number of guanidine groups is 1. The number of hydrogen-bond donors (Lipinski definition) is 2. The Morgan fingerprint density at radius 2 is 1.97 bits per heavy atom. The Labute approximate surface area is 187 Å². The summed E-state index contributed by atoms with van der Waals surface area (Å²) in [4.78, 5) is 9.32. The van der Waals surface area contributed by atoms with Crippen LogP contribution < -0.4 is 10.6 Å². The Bertz CT molecular complexity index is 1140. The molecule has 3 aromatic heterocycles. The number of fused-ring (bicyclic) bond motifs is 1. The van der Waals surface area contributed by atoms with E-state index in [1.54, 1.807) is 12.6 Å². The summed E-state index contributed by atoms with van der Waals surface area (Å²) in [5.41, 5.74) is 2.22. The molecule has 2 N–H and O–H groups in total. The molecule has 1 aromatic carbocycles. The van der Waals surface area contributed by atoms with E-state index in [1.165, 1.54) is 5.52 Å². The van der Waals surface area contributed by atoms with Crippen molar-refractivity contribution >= 4 is 17.0 Å². The number of furan rings is 1. The number of nitrogens with one attached hydrogen (secondary N) is 2. The maximum atomic E-state index is 5.41. The second-order valence-corrected chi connectivity index (χ2v) is 7.54. The highest BCUT2D eigenvalue weighted by atomic mass is 16.3. The van der Waals surface area contributed by atoms with Gasteiger partial charge in [0.2, 0.25) is 0 Å². The fourth-order valence-electron chi connectivity index (χ4n) is 3.69. The second-order valence-electron chi connectivity index (χ2n) is 7.54. The fraction of sp³-hybridized carbons (Fsp3) is 0.391. The Kier molecular flexibility index (Phi) is 7.16. The van der Waals surface area contributed by atoms with Crippen molar-refractivity contribution in [2.45, 2.75) is 46.3 Å². The first kappa shape index (κ1) is 21.6. The maximum absolute atomic E-state index is 5.41. The molecule has 0 saturated carbocycles. The molecule has 9 nitrogen and oxygen atoms in total. The number of nitrogens with zero attached hydrogens (tertiary/aromatic N) is 6. The molecule has 168 valence electrons. The third-order valence-electron chi connectivity index (χ3n) is 5.33. The van der Waals surface area contributed by atoms with Gasteiger partial charge in [-0.3, -0.25) is 0 Å². The van der Waals surface area contributed by atoms with E-state index >= 15 is 0 Å². The molecule has 32 heavy (non-hydrogen) atoms. The summed E-state index contributed by atoms with van der Waals surface area (Å²) in [6.45, 7) is 7.81. The molecular formula is C23H30N8O. The molecule has 0 radical (unpaired) electrons. The van der Waals surface area contributed by atoms with E-state index in [1.807, 2.05) is 18.2 Å². The van der Waals surface area contributed by atoms with Crippen LogP contribution in [0.1, 0.15) is 30.8 Å². The van der Waals surface area contributed by atoms with Gasteiger partial charge in [-0.2, -0.15) is 0 Å². The number of rotatable bonds is 10. The van der Waals surface area contributed by atoms with Crippen LogP contribution in [0.3, 0.4) is 0 Å². The lowest BCUT2D eigenvalue weighted by Crippen LogP contribution is -2.39. The highest BCUT2D eigenvalue weighted by molar-refractivity contribution is 5.79. The average Bonchev–Trinajstić information content (AvgIpc) is 3.54. The number of aryl methyl sites for hydroxylation is 3. The zero-order valence-electron chi connectivity index (χ0n) is 18.7. The third-order valence-corrected chi connectivity index (χ3v) is 5.33. The third kappa shape index (κ3) is 5.35. The summed E-state index contributed by atoms with van der Waals surface area (Å²) in [5, 5.41) is 15.0. The van der Waals surface area contributed by atoms with Crippen molar-refractivity contribution in [1.29, 1.82) is 0 Å². The van der Waals surface area contributed by atoms with Crippen LogP contribution in [0.25, 0.3) is 11.0 Å². The molecule has 9 heteroatoms. The second kappa shape index (κ2) is 10.6. The van der Waals surface area contributed by atoms with Crippen molar-refractivity contribution in [3.05, 3.63) is 66.4 Å². The van der Waals surface area contributed by atoms with E-state index in [4.69, 9.17) is 4.42 Å². The Balaban J connectivity index is 1.32. The van der Waals surface area contributed by atoms with Gasteiger partial charge in [-0.25, -0.2) is 9.98 Å². The predicted molar refractivity (Wildman–Crippen MR) is 124 cm³/mol. The summed E-state index contributed by atoms with van der Waals surface area (Å²) >= 11 is 0. The minimum Gasteiger partial charge on any atom is -0.467 e. The molecule has 0 saturated heterocycles. The van der Waals surface area contributed by atoms with Gasteiger partial charge in [0.05, 0.1) is 17.3 Å². The monoisotopic (exact) mass is 434 g/mol. The number of para-hydroxylation sites is 2. The van der Waals surface area contributed by atoms with Crippen molar-refractivity contribution in [2.24, 2.45) is 4.99 Å². The molecule has 3 heterocycles. The number of benzene rings is 1. The largest absolute Gasteiger partial charge is 0.467 e. The molecule has 0 aliphatic carbocycles. The number of aromatic nitrogens is 5. The Morgan fingerprint density at radius 3 is 2.81 bits per heavy atom. The van der Waals surface area contributed by atoms with Crippen LogP contribution in [-0.2, 0) is 26.1 Å². The van der Waals surface area contributed by atoms with Crippen LogP contribution in [0.2, 0.25) is 0 Å². The highest BCUT2D eigenvalue weighted by Gasteiger charge is 2.07. The zero-order valence-corrected chi connectivity index (χ0v) is 18.7. The quantitative estimate of drug-likeness (QED) is 0.226. The molecule has 0 aliphatic heterocycles. The fourth-order valence-corrected chi connectivity index (χ4v) is 3.69. The highest BCUT2D eigenvalue weighted by Crippen LogP contribution is 2.15. The lowest BCUT2D eigenvalue weighted by atomic mass is 10.3. The first-order valence-corrected chi connectivity index (χ1v) is 11.1. The van der Waals surface area contributed by atoms with Crippen LogP contribution >= 0.6 is 0 Å². The van der Waals surface area contributed by atoms with Gasteiger partial charge in [-0.1, -0.05) is 19.1 Å². The minimum absolute atomic E-state index is 0.487. The van der Waals surface area contributed by atoms with Gasteiger partial charge in [0, 0.05) is 32.6 Å². The smallest absolute Gasteiger partial charge is 0.191 e. The summed E-state index contributed by atoms with van der Waals surface area (Å²) in [6.07, 6.45) is 5.25. The van der Waals surface area contributed by atoms with Crippen molar-refractivity contribution in [1.82, 2.24) is 34.9 Å². The lowest BCUT2D eigenvalue weighted by Gasteiger charge is -2.14. The molecule has 0 spiro atoms. The molecule has 0 aliphatic rings. The first-order chi connectivity index (χ1) is 15.7. The number of imidazole rings is 1. The Morgan fingerprint density at radius 1 is 1.09 bits per heavy atom. The normalized spacial score (nSPS) is 11.9. The molecule has 4 rings (SSSR count). The van der Waals surface area contributed by atoms with Crippen LogP contribution in [0.4, 0.5) is 0 Å². The number of hydrogen-bond acceptors (Lipinski definition) is 5. The average molecular weight is 435 g/mol. The van der Waals surface area contributed by atoms with Gasteiger partial charge in [0.15, 0.2) is 5.96 Å². The standard InChI is InChI=1S/C23H30N8O/c1-3-22-29-27-17-30(22)14-12-25-23(26-16-19-8-6-15-32-19)24-11-7-13-31-18(2)28-20-9-4-5-10-21(20)31/h4-6,8-10,15,17H,3,7,11-14,16H2,1-2H3,(H2,24,25,26). The van der Waals surface area contributed by atoms with E-state index in [0.717, 1.165) is 67.9 Å². The van der Waals surface area contributed by atoms with E-state index in [9.17, 15) is 0 Å². The van der Waals surface area contributed by atoms with Crippen LogP contribution in [0.15, 0.2) is 58.4 Å². The SMILES string of the molecule is CCc1nncn1CCNC(=NCc1ccco1)NCCCn1c(C)nc2ccccc21. The lowest BCUT2D eigenvalue weighted by molar-refractivity contribution is 0.511. The molecule has 0 fully saturated rings. The van der Waals surface area contributed by atoms with Crippen molar-refractivity contribution in [3.8, 4) is 0 Å². The summed E-state index contributed by atoms with van der Waals surface area (Å²) < 4.78 is 9.74. The predicted octanol–water partition coefficient (Wildman–Crippen LogP) is 2.92. The molecular weight excluding hydrogens is 404 g/mol. The summed E-state index contributed by atoms with van der Waals surface area (Å²) in [7, 11) is 0. The van der Waals surface area contributed by atoms with Crippen molar-refractivity contribution in [3.63, 3.8) is 0 Å². The number of aliphatic imine (C=N–C) groups is 1. The van der Waals surface area contributed by atoms with Crippen molar-refractivity contribution in [2.75, 3.05) is 13.1 Å². The van der Waals surface area contributed by atoms with Gasteiger partial charge in [-0.05, 0) is 37.6 Å². The zero-order chi connectivity index (χ0) is 22.2. The van der Waals surface area contributed by atoms with Crippen molar-refractivity contribution < 1.29 is 4.42 Å². The maximum Gasteiger partial charge on any atom is 0.191 e. The van der Waals surface area contributed by atoms with Gasteiger partial charge >= 0.3 is 0 Å². The molecule has 0 amide bonds. The first-order valence-electron chi connectivity index (χ1n) is 11.1. The van der Waals surface area contributed by atoms with Crippen LogP contribution in [0, 0.1) is 6.92 Å². The molecule has 0 bridgehead atoms.